The van der Waals surface area contributed by atoms with Gasteiger partial charge in [-0.1, -0.05) is 40.5 Å². The molecule has 2 N–H and O–H groups in total. The fourth-order valence-electron chi connectivity index (χ4n) is 2.45. The van der Waals surface area contributed by atoms with Gasteiger partial charge in [0.2, 0.25) is 0 Å². The summed E-state index contributed by atoms with van der Waals surface area (Å²) in [7, 11) is 0. The van der Waals surface area contributed by atoms with Gasteiger partial charge in [0.05, 0.1) is 13.2 Å². The third-order valence-corrected chi connectivity index (χ3v) is 3.39. The molecule has 0 saturated carbocycles. The van der Waals surface area contributed by atoms with Gasteiger partial charge in [-0.15, -0.1) is 0 Å². The van der Waals surface area contributed by atoms with Crippen LogP contribution in [0.2, 0.25) is 0 Å². The van der Waals surface area contributed by atoms with E-state index in [1.807, 2.05) is 0 Å². The van der Waals surface area contributed by atoms with Crippen LogP contribution in [-0.4, -0.2) is 23.4 Å². The number of aliphatic hydroxyl groups excluding tert-OH is 2. The summed E-state index contributed by atoms with van der Waals surface area (Å²) in [6.45, 7) is 8.88. The maximum atomic E-state index is 9.51. The second-order valence-corrected chi connectivity index (χ2v) is 5.30. The lowest BCUT2D eigenvalue weighted by atomic mass is 9.73. The molecular weight excluding hydrogens is 188 g/mol. The van der Waals surface area contributed by atoms with Gasteiger partial charge in [-0.25, -0.2) is 0 Å². The van der Waals surface area contributed by atoms with E-state index in [2.05, 4.69) is 27.7 Å². The van der Waals surface area contributed by atoms with E-state index in [1.165, 1.54) is 0 Å². The maximum Gasteiger partial charge on any atom is 0.0509 e. The van der Waals surface area contributed by atoms with Crippen LogP contribution in [0.1, 0.15) is 53.4 Å². The van der Waals surface area contributed by atoms with E-state index < -0.39 is 0 Å². The van der Waals surface area contributed by atoms with Crippen molar-refractivity contribution in [2.75, 3.05) is 13.2 Å². The second kappa shape index (κ2) is 7.24. The molecule has 0 bridgehead atoms. The van der Waals surface area contributed by atoms with Crippen molar-refractivity contribution in [2.24, 2.45) is 17.3 Å². The van der Waals surface area contributed by atoms with Gasteiger partial charge in [0.15, 0.2) is 0 Å². The number of rotatable bonds is 8. The molecule has 0 aliphatic rings. The van der Waals surface area contributed by atoms with Gasteiger partial charge in [0.1, 0.15) is 0 Å². The Balaban J connectivity index is 4.47. The third kappa shape index (κ3) is 4.98. The molecule has 0 unspecified atom stereocenters. The Morgan fingerprint density at radius 3 is 1.67 bits per heavy atom. The lowest BCUT2D eigenvalue weighted by Gasteiger charge is -2.34. The van der Waals surface area contributed by atoms with Gasteiger partial charge in [-0.3, -0.25) is 0 Å². The van der Waals surface area contributed by atoms with Crippen molar-refractivity contribution >= 4 is 0 Å². The highest BCUT2D eigenvalue weighted by Crippen LogP contribution is 2.35. The number of aliphatic hydroxyl groups is 2. The van der Waals surface area contributed by atoms with Crippen LogP contribution in [0.3, 0.4) is 0 Å². The SMILES string of the molecule is CCC(CC)CC(CO)(CO)CC(C)C. The summed E-state index contributed by atoms with van der Waals surface area (Å²) in [5, 5.41) is 19.0. The average Bonchev–Trinajstić information content (AvgIpc) is 2.23. The van der Waals surface area contributed by atoms with Crippen molar-refractivity contribution in [1.82, 2.24) is 0 Å². The quantitative estimate of drug-likeness (QED) is 0.655. The highest BCUT2D eigenvalue weighted by Gasteiger charge is 2.31. The average molecular weight is 216 g/mol. The molecule has 92 valence electrons. The Kier molecular flexibility index (Phi) is 7.20. The lowest BCUT2D eigenvalue weighted by Crippen LogP contribution is -2.33. The molecule has 0 atom stereocenters. The van der Waals surface area contributed by atoms with Gasteiger partial charge in [0, 0.05) is 5.41 Å². The number of hydrogen-bond donors (Lipinski definition) is 2. The van der Waals surface area contributed by atoms with E-state index in [0.717, 1.165) is 25.7 Å². The topological polar surface area (TPSA) is 40.5 Å². The summed E-state index contributed by atoms with van der Waals surface area (Å²) < 4.78 is 0. The van der Waals surface area contributed by atoms with Crippen LogP contribution < -0.4 is 0 Å². The maximum absolute atomic E-state index is 9.51. The van der Waals surface area contributed by atoms with Crippen LogP contribution in [0.4, 0.5) is 0 Å². The molecule has 0 aromatic rings. The zero-order valence-corrected chi connectivity index (χ0v) is 10.8. The lowest BCUT2D eigenvalue weighted by molar-refractivity contribution is 0.0151. The summed E-state index contributed by atoms with van der Waals surface area (Å²) in [5.41, 5.74) is -0.259. The molecule has 0 aliphatic carbocycles. The van der Waals surface area contributed by atoms with Gasteiger partial charge >= 0.3 is 0 Å². The number of hydrogen-bond acceptors (Lipinski definition) is 2. The van der Waals surface area contributed by atoms with Crippen LogP contribution in [0.15, 0.2) is 0 Å². The smallest absolute Gasteiger partial charge is 0.0509 e. The zero-order valence-electron chi connectivity index (χ0n) is 10.8. The zero-order chi connectivity index (χ0) is 11.9. The Hall–Kier alpha value is -0.0800. The first-order valence-corrected chi connectivity index (χ1v) is 6.25. The van der Waals surface area contributed by atoms with E-state index in [9.17, 15) is 10.2 Å². The molecule has 0 amide bonds. The molecule has 0 heterocycles. The fourth-order valence-corrected chi connectivity index (χ4v) is 2.45. The van der Waals surface area contributed by atoms with E-state index in [4.69, 9.17) is 0 Å². The predicted molar refractivity (Wildman–Crippen MR) is 64.7 cm³/mol. The van der Waals surface area contributed by atoms with Crippen molar-refractivity contribution in [1.29, 1.82) is 0 Å². The van der Waals surface area contributed by atoms with Gasteiger partial charge in [0.25, 0.3) is 0 Å². The van der Waals surface area contributed by atoms with Crippen LogP contribution in [-0.2, 0) is 0 Å². The largest absolute Gasteiger partial charge is 0.396 e. The van der Waals surface area contributed by atoms with Crippen molar-refractivity contribution in [3.63, 3.8) is 0 Å². The summed E-state index contributed by atoms with van der Waals surface area (Å²) in [4.78, 5) is 0. The fraction of sp³-hybridized carbons (Fsp3) is 1.00. The molecule has 0 rings (SSSR count). The van der Waals surface area contributed by atoms with Crippen LogP contribution >= 0.6 is 0 Å². The Morgan fingerprint density at radius 1 is 0.933 bits per heavy atom. The molecule has 0 aromatic carbocycles. The molecule has 0 fully saturated rings. The summed E-state index contributed by atoms with van der Waals surface area (Å²) in [6, 6.07) is 0. The first kappa shape index (κ1) is 14.9. The monoisotopic (exact) mass is 216 g/mol. The molecule has 0 saturated heterocycles. The molecule has 15 heavy (non-hydrogen) atoms. The van der Waals surface area contributed by atoms with Gasteiger partial charge in [-0.05, 0) is 24.7 Å². The minimum absolute atomic E-state index is 0.109. The summed E-state index contributed by atoms with van der Waals surface area (Å²) in [5.74, 6) is 1.15. The van der Waals surface area contributed by atoms with Crippen molar-refractivity contribution < 1.29 is 10.2 Å². The van der Waals surface area contributed by atoms with Crippen LogP contribution in [0.25, 0.3) is 0 Å². The first-order valence-electron chi connectivity index (χ1n) is 6.25. The van der Waals surface area contributed by atoms with Crippen molar-refractivity contribution in [3.05, 3.63) is 0 Å². The summed E-state index contributed by atoms with van der Waals surface area (Å²) in [6.07, 6.45) is 4.13. The van der Waals surface area contributed by atoms with E-state index in [1.54, 1.807) is 0 Å². The Bertz CT molecular complexity index is 147. The molecule has 0 aromatic heterocycles. The summed E-state index contributed by atoms with van der Waals surface area (Å²) >= 11 is 0. The third-order valence-electron chi connectivity index (χ3n) is 3.39. The predicted octanol–water partition coefficient (Wildman–Crippen LogP) is 2.83. The molecular formula is C13H28O2. The Labute approximate surface area is 94.7 Å². The molecule has 0 spiro atoms. The second-order valence-electron chi connectivity index (χ2n) is 5.30. The minimum Gasteiger partial charge on any atom is -0.396 e. The van der Waals surface area contributed by atoms with Gasteiger partial charge < -0.3 is 10.2 Å². The van der Waals surface area contributed by atoms with Crippen molar-refractivity contribution in [2.45, 2.75) is 53.4 Å². The van der Waals surface area contributed by atoms with Crippen LogP contribution in [0, 0.1) is 17.3 Å². The van der Waals surface area contributed by atoms with E-state index >= 15 is 0 Å². The highest BCUT2D eigenvalue weighted by atomic mass is 16.3. The minimum atomic E-state index is -0.259. The first-order chi connectivity index (χ1) is 7.03. The molecule has 0 aliphatic heterocycles. The van der Waals surface area contributed by atoms with Crippen molar-refractivity contribution in [3.8, 4) is 0 Å². The Morgan fingerprint density at radius 2 is 1.40 bits per heavy atom. The van der Waals surface area contributed by atoms with Gasteiger partial charge in [-0.2, -0.15) is 0 Å². The molecule has 2 heteroatoms. The standard InChI is InChI=1S/C13H28O2/c1-5-12(6-2)8-13(9-14,10-15)7-11(3)4/h11-12,14-15H,5-10H2,1-4H3. The molecule has 2 nitrogen and oxygen atoms in total. The van der Waals surface area contributed by atoms with E-state index in [0.29, 0.717) is 11.8 Å². The van der Waals surface area contributed by atoms with E-state index in [-0.39, 0.29) is 18.6 Å². The highest BCUT2D eigenvalue weighted by molar-refractivity contribution is 4.81. The normalized spacial score (nSPS) is 12.8. The van der Waals surface area contributed by atoms with Crippen LogP contribution in [0.5, 0.6) is 0 Å². The molecule has 0 radical (unpaired) electrons.